The van der Waals surface area contributed by atoms with E-state index in [2.05, 4.69) is 4.98 Å². The van der Waals surface area contributed by atoms with Gasteiger partial charge in [0.25, 0.3) is 5.22 Å². The molecular weight excluding hydrogens is 285 g/mol. The fourth-order valence-corrected chi connectivity index (χ4v) is 2.30. The molecule has 1 N–H and O–H groups in total. The highest BCUT2D eigenvalue weighted by Crippen LogP contribution is 2.34. The van der Waals surface area contributed by atoms with E-state index in [-0.39, 0.29) is 10.9 Å². The lowest BCUT2D eigenvalue weighted by Crippen LogP contribution is -1.95. The Morgan fingerprint density at radius 1 is 1.41 bits per heavy atom. The van der Waals surface area contributed by atoms with Crippen LogP contribution in [0.2, 0.25) is 10.0 Å². The summed E-state index contributed by atoms with van der Waals surface area (Å²) in [6.07, 6.45) is 1.07. The van der Waals surface area contributed by atoms with E-state index in [1.54, 1.807) is 18.2 Å². The Bertz CT molecular complexity index is 570. The van der Waals surface area contributed by atoms with Crippen molar-refractivity contribution in [1.29, 1.82) is 0 Å². The van der Waals surface area contributed by atoms with Crippen molar-refractivity contribution in [2.75, 3.05) is 0 Å². The molecule has 0 amide bonds. The summed E-state index contributed by atoms with van der Waals surface area (Å²) in [6.45, 7) is 0. The van der Waals surface area contributed by atoms with Crippen LogP contribution in [0.5, 0.6) is 0 Å². The molecule has 17 heavy (non-hydrogen) atoms. The molecule has 1 heterocycles. The van der Waals surface area contributed by atoms with Crippen LogP contribution in [0.3, 0.4) is 0 Å². The second-order valence-corrected chi connectivity index (χ2v) is 4.82. The third-order valence-electron chi connectivity index (χ3n) is 1.79. The molecule has 2 aromatic rings. The van der Waals surface area contributed by atoms with Gasteiger partial charge in [0, 0.05) is 9.92 Å². The van der Waals surface area contributed by atoms with Crippen molar-refractivity contribution in [3.8, 4) is 0 Å². The molecule has 1 aromatic carbocycles. The highest BCUT2D eigenvalue weighted by atomic mass is 35.5. The number of halogens is 2. The SMILES string of the molecule is O=C(O)c1coc(Sc2cc(Cl)ccc2Cl)n1. The molecule has 4 nitrogen and oxygen atoms in total. The highest BCUT2D eigenvalue weighted by molar-refractivity contribution is 7.99. The first kappa shape index (κ1) is 12.3. The van der Waals surface area contributed by atoms with Gasteiger partial charge >= 0.3 is 5.97 Å². The van der Waals surface area contributed by atoms with Crippen molar-refractivity contribution in [2.45, 2.75) is 10.1 Å². The minimum absolute atomic E-state index is 0.148. The van der Waals surface area contributed by atoms with Gasteiger partial charge in [0.2, 0.25) is 0 Å². The molecule has 1 aromatic heterocycles. The zero-order chi connectivity index (χ0) is 12.4. The number of nitrogens with zero attached hydrogens (tertiary/aromatic N) is 1. The summed E-state index contributed by atoms with van der Waals surface area (Å²) < 4.78 is 4.99. The normalized spacial score (nSPS) is 10.5. The fourth-order valence-electron chi connectivity index (χ4n) is 1.05. The monoisotopic (exact) mass is 289 g/mol. The number of benzene rings is 1. The van der Waals surface area contributed by atoms with E-state index in [1.165, 1.54) is 0 Å². The lowest BCUT2D eigenvalue weighted by Gasteiger charge is -2.00. The summed E-state index contributed by atoms with van der Waals surface area (Å²) in [4.78, 5) is 15.0. The zero-order valence-electron chi connectivity index (χ0n) is 8.18. The van der Waals surface area contributed by atoms with E-state index in [4.69, 9.17) is 32.7 Å². The Morgan fingerprint density at radius 3 is 2.82 bits per heavy atom. The molecule has 0 aliphatic rings. The van der Waals surface area contributed by atoms with Gasteiger partial charge in [0.15, 0.2) is 5.69 Å². The maximum absolute atomic E-state index is 10.6. The fraction of sp³-hybridized carbons (Fsp3) is 0. The molecule has 0 bridgehead atoms. The quantitative estimate of drug-likeness (QED) is 0.930. The van der Waals surface area contributed by atoms with Gasteiger partial charge in [-0.05, 0) is 30.0 Å². The Labute approximate surface area is 111 Å². The van der Waals surface area contributed by atoms with E-state index >= 15 is 0 Å². The standard InChI is InChI=1S/C10H5Cl2NO3S/c11-5-1-2-6(12)8(3-5)17-10-13-7(4-16-10)9(14)15/h1-4H,(H,14,15). The molecule has 0 spiro atoms. The Hall–Kier alpha value is -1.17. The Balaban J connectivity index is 2.25. The minimum atomic E-state index is -1.14. The molecule has 7 heteroatoms. The van der Waals surface area contributed by atoms with E-state index in [9.17, 15) is 4.79 Å². The number of hydrogen-bond donors (Lipinski definition) is 1. The van der Waals surface area contributed by atoms with E-state index in [0.717, 1.165) is 18.0 Å². The highest BCUT2D eigenvalue weighted by Gasteiger charge is 2.13. The van der Waals surface area contributed by atoms with Gasteiger partial charge < -0.3 is 9.52 Å². The summed E-state index contributed by atoms with van der Waals surface area (Å²) in [6, 6.07) is 4.96. The van der Waals surface area contributed by atoms with E-state index < -0.39 is 5.97 Å². The number of carbonyl (C=O) groups is 1. The van der Waals surface area contributed by atoms with Crippen molar-refractivity contribution in [3.63, 3.8) is 0 Å². The molecule has 0 saturated heterocycles. The molecule has 88 valence electrons. The number of carboxylic acid groups (broad SMARTS) is 1. The topological polar surface area (TPSA) is 63.3 Å². The molecular formula is C10H5Cl2NO3S. The molecule has 2 rings (SSSR count). The molecule has 0 radical (unpaired) electrons. The molecule has 0 fully saturated rings. The number of carboxylic acids is 1. The van der Waals surface area contributed by atoms with Gasteiger partial charge in [-0.25, -0.2) is 4.79 Å². The second-order valence-electron chi connectivity index (χ2n) is 2.98. The van der Waals surface area contributed by atoms with Crippen LogP contribution in [-0.4, -0.2) is 16.1 Å². The number of oxazole rings is 1. The second kappa shape index (κ2) is 5.00. The van der Waals surface area contributed by atoms with Gasteiger partial charge in [-0.1, -0.05) is 23.2 Å². The lowest BCUT2D eigenvalue weighted by molar-refractivity contribution is 0.0690. The number of aromatic carboxylic acids is 1. The number of rotatable bonds is 3. The third-order valence-corrected chi connectivity index (χ3v) is 3.39. The average molecular weight is 290 g/mol. The zero-order valence-corrected chi connectivity index (χ0v) is 10.5. The maximum atomic E-state index is 10.6. The van der Waals surface area contributed by atoms with E-state index in [1.807, 2.05) is 0 Å². The van der Waals surface area contributed by atoms with Crippen LogP contribution in [0.1, 0.15) is 10.5 Å². The molecule has 0 unspecified atom stereocenters. The van der Waals surface area contributed by atoms with Crippen molar-refractivity contribution < 1.29 is 14.3 Å². The lowest BCUT2D eigenvalue weighted by atomic mass is 10.4. The van der Waals surface area contributed by atoms with Gasteiger partial charge in [-0.2, -0.15) is 4.98 Å². The van der Waals surface area contributed by atoms with Gasteiger partial charge in [0.1, 0.15) is 6.26 Å². The van der Waals surface area contributed by atoms with Crippen molar-refractivity contribution in [2.24, 2.45) is 0 Å². The van der Waals surface area contributed by atoms with Crippen LogP contribution in [0, 0.1) is 0 Å². The summed E-state index contributed by atoms with van der Waals surface area (Å²) >= 11 is 12.9. The first-order valence-corrected chi connectivity index (χ1v) is 5.95. The predicted octanol–water partition coefficient (Wildman–Crippen LogP) is 3.83. The maximum Gasteiger partial charge on any atom is 0.357 e. The van der Waals surface area contributed by atoms with Crippen molar-refractivity contribution >= 4 is 40.9 Å². The predicted molar refractivity (Wildman–Crippen MR) is 64.0 cm³/mol. The van der Waals surface area contributed by atoms with Crippen molar-refractivity contribution in [3.05, 3.63) is 40.2 Å². The number of hydrogen-bond acceptors (Lipinski definition) is 4. The van der Waals surface area contributed by atoms with Crippen LogP contribution in [0.4, 0.5) is 0 Å². The molecule has 0 aliphatic carbocycles. The first-order chi connectivity index (χ1) is 8.06. The summed E-state index contributed by atoms with van der Waals surface area (Å²) in [5.74, 6) is -1.14. The Kier molecular flexibility index (Phi) is 3.61. The van der Waals surface area contributed by atoms with Crippen LogP contribution < -0.4 is 0 Å². The Morgan fingerprint density at radius 2 is 2.18 bits per heavy atom. The van der Waals surface area contributed by atoms with Gasteiger partial charge in [-0.3, -0.25) is 0 Å². The molecule has 0 saturated carbocycles. The van der Waals surface area contributed by atoms with Crippen LogP contribution in [0.25, 0.3) is 0 Å². The minimum Gasteiger partial charge on any atom is -0.476 e. The smallest absolute Gasteiger partial charge is 0.357 e. The van der Waals surface area contributed by atoms with E-state index in [0.29, 0.717) is 14.9 Å². The summed E-state index contributed by atoms with van der Waals surface area (Å²) in [5.41, 5.74) is -0.148. The van der Waals surface area contributed by atoms with Gasteiger partial charge in [-0.15, -0.1) is 0 Å². The van der Waals surface area contributed by atoms with Crippen molar-refractivity contribution in [1.82, 2.24) is 4.98 Å². The summed E-state index contributed by atoms with van der Waals surface area (Å²) in [7, 11) is 0. The van der Waals surface area contributed by atoms with Crippen LogP contribution in [0.15, 0.2) is 39.0 Å². The van der Waals surface area contributed by atoms with Crippen LogP contribution >= 0.6 is 35.0 Å². The van der Waals surface area contributed by atoms with Gasteiger partial charge in [0.05, 0.1) is 5.02 Å². The summed E-state index contributed by atoms with van der Waals surface area (Å²) in [5, 5.41) is 9.91. The molecule has 0 atom stereocenters. The molecule has 0 aliphatic heterocycles. The van der Waals surface area contributed by atoms with Crippen LogP contribution in [-0.2, 0) is 0 Å². The first-order valence-electron chi connectivity index (χ1n) is 4.38. The number of aromatic nitrogens is 1. The average Bonchev–Trinajstić information content (AvgIpc) is 2.72. The third kappa shape index (κ3) is 2.94. The largest absolute Gasteiger partial charge is 0.476 e.